The van der Waals surface area contributed by atoms with Crippen molar-refractivity contribution in [2.24, 2.45) is 0 Å². The molecule has 0 fully saturated rings. The average Bonchev–Trinajstić information content (AvgIpc) is 2.25. The molecule has 0 aliphatic rings. The van der Waals surface area contributed by atoms with E-state index >= 15 is 0 Å². The third-order valence-corrected chi connectivity index (χ3v) is 1.69. The van der Waals surface area contributed by atoms with Gasteiger partial charge < -0.3 is 14.6 Å². The summed E-state index contributed by atoms with van der Waals surface area (Å²) in [4.78, 5) is 0. The van der Waals surface area contributed by atoms with E-state index in [0.29, 0.717) is 5.05 Å². The van der Waals surface area contributed by atoms with E-state index in [4.69, 9.17) is 26.8 Å². The molecule has 0 amide bonds. The Morgan fingerprint density at radius 1 is 1.29 bits per heavy atom. The number of benzene rings is 1. The van der Waals surface area contributed by atoms with Crippen LogP contribution in [0, 0.1) is 0 Å². The minimum absolute atomic E-state index is 0.0362. The van der Waals surface area contributed by atoms with E-state index in [1.165, 1.54) is 0 Å². The van der Waals surface area contributed by atoms with Crippen molar-refractivity contribution in [2.45, 2.75) is 0 Å². The van der Waals surface area contributed by atoms with Gasteiger partial charge in [0, 0.05) is 0 Å². The van der Waals surface area contributed by atoms with Crippen LogP contribution >= 0.6 is 12.2 Å². The van der Waals surface area contributed by atoms with Gasteiger partial charge in [-0.25, -0.2) is 0 Å². The molecule has 0 unspecified atom stereocenters. The number of hydrogen-bond acceptors (Lipinski definition) is 4. The molecule has 1 N–H and O–H groups in total. The van der Waals surface area contributed by atoms with Crippen LogP contribution in [-0.2, 0) is 4.74 Å². The summed E-state index contributed by atoms with van der Waals surface area (Å²) < 4.78 is 10.3. The summed E-state index contributed by atoms with van der Waals surface area (Å²) in [6, 6.07) is 9.36. The average molecular weight is 212 g/mol. The molecule has 1 aromatic rings. The lowest BCUT2D eigenvalue weighted by Gasteiger charge is -2.07. The molecule has 3 nitrogen and oxygen atoms in total. The van der Waals surface area contributed by atoms with Gasteiger partial charge in [-0.1, -0.05) is 18.2 Å². The fraction of sp³-hybridized carbons (Fsp3) is 0.300. The Morgan fingerprint density at radius 2 is 2.00 bits per heavy atom. The molecule has 14 heavy (non-hydrogen) atoms. The molecule has 0 aliphatic carbocycles. The number of para-hydroxylation sites is 1. The third-order valence-electron chi connectivity index (χ3n) is 1.45. The van der Waals surface area contributed by atoms with Crippen molar-refractivity contribution in [1.82, 2.24) is 0 Å². The zero-order chi connectivity index (χ0) is 10.2. The van der Waals surface area contributed by atoms with Gasteiger partial charge in [-0.15, -0.1) is 0 Å². The van der Waals surface area contributed by atoms with Crippen LogP contribution in [-0.4, -0.2) is 30.0 Å². The van der Waals surface area contributed by atoms with Crippen molar-refractivity contribution in [1.29, 1.82) is 0 Å². The van der Waals surface area contributed by atoms with E-state index in [1.807, 2.05) is 30.3 Å². The number of ether oxygens (including phenoxy) is 2. The van der Waals surface area contributed by atoms with Crippen LogP contribution in [0.4, 0.5) is 0 Å². The molecule has 0 aliphatic heterocycles. The van der Waals surface area contributed by atoms with E-state index in [1.54, 1.807) is 0 Å². The van der Waals surface area contributed by atoms with E-state index in [0.717, 1.165) is 5.75 Å². The standard InChI is InChI=1S/C10H12O3S/c11-6-7-12-10(14)8-13-9-4-2-1-3-5-9/h1-5,11H,6-8H2. The van der Waals surface area contributed by atoms with Crippen molar-refractivity contribution in [3.05, 3.63) is 30.3 Å². The minimum Gasteiger partial charge on any atom is -0.485 e. The molecule has 0 atom stereocenters. The fourth-order valence-electron chi connectivity index (χ4n) is 0.860. The van der Waals surface area contributed by atoms with Gasteiger partial charge in [0.15, 0.2) is 11.7 Å². The van der Waals surface area contributed by atoms with Crippen molar-refractivity contribution in [3.8, 4) is 5.75 Å². The summed E-state index contributed by atoms with van der Waals surface area (Å²) in [6.07, 6.45) is 0. The summed E-state index contributed by atoms with van der Waals surface area (Å²) in [5.74, 6) is 0.752. The predicted molar refractivity (Wildman–Crippen MR) is 57.6 cm³/mol. The Morgan fingerprint density at radius 3 is 2.64 bits per heavy atom. The van der Waals surface area contributed by atoms with Gasteiger partial charge in [-0.3, -0.25) is 0 Å². The lowest BCUT2D eigenvalue weighted by atomic mass is 10.3. The molecule has 0 aromatic heterocycles. The monoisotopic (exact) mass is 212 g/mol. The maximum atomic E-state index is 8.47. The maximum Gasteiger partial charge on any atom is 0.197 e. The van der Waals surface area contributed by atoms with Crippen LogP contribution in [0.2, 0.25) is 0 Å². The number of thiocarbonyl (C=S) groups is 1. The van der Waals surface area contributed by atoms with Gasteiger partial charge in [-0.05, 0) is 24.4 Å². The first-order chi connectivity index (χ1) is 6.83. The molecule has 0 heterocycles. The summed E-state index contributed by atoms with van der Waals surface area (Å²) in [5.41, 5.74) is 0. The number of aliphatic hydroxyl groups is 1. The molecular formula is C10H12O3S. The summed E-state index contributed by atoms with van der Waals surface area (Å²) in [7, 11) is 0. The summed E-state index contributed by atoms with van der Waals surface area (Å²) in [5, 5.41) is 8.82. The van der Waals surface area contributed by atoms with Gasteiger partial charge in [0.2, 0.25) is 0 Å². The number of hydrogen-bond donors (Lipinski definition) is 1. The highest BCUT2D eigenvalue weighted by molar-refractivity contribution is 7.80. The Kier molecular flexibility index (Phi) is 4.96. The molecular weight excluding hydrogens is 200 g/mol. The Labute approximate surface area is 88.3 Å². The van der Waals surface area contributed by atoms with Gasteiger partial charge in [0.05, 0.1) is 6.61 Å². The second-order valence-corrected chi connectivity index (χ2v) is 3.00. The molecule has 76 valence electrons. The van der Waals surface area contributed by atoms with E-state index in [2.05, 4.69) is 0 Å². The molecule has 4 heteroatoms. The first-order valence-corrected chi connectivity index (χ1v) is 4.68. The largest absolute Gasteiger partial charge is 0.485 e. The van der Waals surface area contributed by atoms with E-state index < -0.39 is 0 Å². The Balaban J connectivity index is 2.24. The predicted octanol–water partition coefficient (Wildman–Crippen LogP) is 1.40. The summed E-state index contributed by atoms with van der Waals surface area (Å²) in [6.45, 7) is 0.418. The van der Waals surface area contributed by atoms with Crippen molar-refractivity contribution >= 4 is 17.3 Å². The molecule has 0 saturated heterocycles. The molecule has 0 radical (unpaired) electrons. The smallest absolute Gasteiger partial charge is 0.197 e. The van der Waals surface area contributed by atoms with Gasteiger partial charge in [0.1, 0.15) is 12.4 Å². The normalized spacial score (nSPS) is 9.50. The highest BCUT2D eigenvalue weighted by Gasteiger charge is 1.98. The van der Waals surface area contributed by atoms with Crippen molar-refractivity contribution < 1.29 is 14.6 Å². The lowest BCUT2D eigenvalue weighted by molar-refractivity contribution is 0.187. The first kappa shape index (κ1) is 10.9. The topological polar surface area (TPSA) is 38.7 Å². The Bertz CT molecular complexity index is 274. The van der Waals surface area contributed by atoms with Crippen LogP contribution < -0.4 is 4.74 Å². The molecule has 1 rings (SSSR count). The Hall–Kier alpha value is -1.13. The number of rotatable bonds is 5. The van der Waals surface area contributed by atoms with Gasteiger partial charge in [0.25, 0.3) is 0 Å². The van der Waals surface area contributed by atoms with Crippen LogP contribution in [0.5, 0.6) is 5.75 Å². The SMILES string of the molecule is OCCOC(=S)COc1ccccc1. The molecule has 0 spiro atoms. The van der Waals surface area contributed by atoms with Crippen molar-refractivity contribution in [2.75, 3.05) is 19.8 Å². The number of aliphatic hydroxyl groups excluding tert-OH is 1. The van der Waals surface area contributed by atoms with Gasteiger partial charge in [-0.2, -0.15) is 0 Å². The first-order valence-electron chi connectivity index (χ1n) is 4.27. The van der Waals surface area contributed by atoms with Crippen LogP contribution in [0.15, 0.2) is 30.3 Å². The zero-order valence-corrected chi connectivity index (χ0v) is 8.50. The highest BCUT2D eigenvalue weighted by Crippen LogP contribution is 2.07. The molecule has 0 saturated carbocycles. The lowest BCUT2D eigenvalue weighted by Crippen LogP contribution is -2.14. The maximum absolute atomic E-state index is 8.47. The quantitative estimate of drug-likeness (QED) is 0.749. The summed E-state index contributed by atoms with van der Waals surface area (Å²) >= 11 is 4.86. The van der Waals surface area contributed by atoms with Crippen LogP contribution in [0.1, 0.15) is 0 Å². The van der Waals surface area contributed by atoms with Crippen LogP contribution in [0.3, 0.4) is 0 Å². The van der Waals surface area contributed by atoms with E-state index in [-0.39, 0.29) is 19.8 Å². The van der Waals surface area contributed by atoms with Crippen molar-refractivity contribution in [3.63, 3.8) is 0 Å². The second-order valence-electron chi connectivity index (χ2n) is 2.55. The van der Waals surface area contributed by atoms with Crippen LogP contribution in [0.25, 0.3) is 0 Å². The minimum atomic E-state index is -0.0362. The second kappa shape index (κ2) is 6.34. The fourth-order valence-corrected chi connectivity index (χ4v) is 1.00. The third kappa shape index (κ3) is 4.20. The zero-order valence-electron chi connectivity index (χ0n) is 7.68. The van der Waals surface area contributed by atoms with E-state index in [9.17, 15) is 0 Å². The molecule has 0 bridgehead atoms. The highest BCUT2D eigenvalue weighted by atomic mass is 32.1. The molecule has 1 aromatic carbocycles. The van der Waals surface area contributed by atoms with Gasteiger partial charge >= 0.3 is 0 Å².